The zero-order valence-electron chi connectivity index (χ0n) is 5.59. The van der Waals surface area contributed by atoms with E-state index in [9.17, 15) is 4.79 Å². The van der Waals surface area contributed by atoms with E-state index in [4.69, 9.17) is 10.5 Å². The van der Waals surface area contributed by atoms with Crippen LogP contribution < -0.4 is 5.73 Å². The summed E-state index contributed by atoms with van der Waals surface area (Å²) in [5.74, 6) is -0.598. The van der Waals surface area contributed by atoms with Crippen molar-refractivity contribution in [3.63, 3.8) is 0 Å². The molecule has 0 spiro atoms. The second-order valence-electron chi connectivity index (χ2n) is 1.43. The van der Waals surface area contributed by atoms with Crippen molar-refractivity contribution in [2.75, 3.05) is 13.7 Å². The van der Waals surface area contributed by atoms with E-state index >= 15 is 0 Å². The summed E-state index contributed by atoms with van der Waals surface area (Å²) in [6.07, 6.45) is -0.894. The Hall–Kier alpha value is -0.610. The lowest BCUT2D eigenvalue weighted by atomic mass is 10.6. The maximum atomic E-state index is 10.3. The molecule has 0 saturated heterocycles. The Balaban J connectivity index is 3.54. The number of primary amides is 1. The summed E-state index contributed by atoms with van der Waals surface area (Å²) >= 11 is 0. The second-order valence-corrected chi connectivity index (χ2v) is 1.43. The highest BCUT2D eigenvalue weighted by molar-refractivity contribution is 5.77. The van der Waals surface area contributed by atoms with Gasteiger partial charge in [0.25, 0.3) is 5.91 Å². The molecule has 0 heterocycles. The minimum absolute atomic E-state index is 0.418. The first-order chi connectivity index (χ1) is 4.22. The van der Waals surface area contributed by atoms with Crippen molar-refractivity contribution in [3.8, 4) is 0 Å². The van der Waals surface area contributed by atoms with Gasteiger partial charge in [-0.1, -0.05) is 0 Å². The first-order valence-electron chi connectivity index (χ1n) is 2.66. The minimum atomic E-state index is -0.894. The molecule has 4 heteroatoms. The van der Waals surface area contributed by atoms with E-state index in [0.717, 1.165) is 0 Å². The highest BCUT2D eigenvalue weighted by Crippen LogP contribution is 1.89. The van der Waals surface area contributed by atoms with Crippen molar-refractivity contribution in [3.05, 3.63) is 0 Å². The van der Waals surface area contributed by atoms with Crippen molar-refractivity contribution in [2.24, 2.45) is 5.73 Å². The number of nitrogens with two attached hydrogens (primary N) is 1. The number of carbonyl (C=O) groups is 1. The molecule has 2 N–H and O–H groups in total. The topological polar surface area (TPSA) is 61.6 Å². The zero-order chi connectivity index (χ0) is 7.28. The Bertz CT molecular complexity index is 94.2. The van der Waals surface area contributed by atoms with E-state index in [-0.39, 0.29) is 0 Å². The molecule has 0 bridgehead atoms. The van der Waals surface area contributed by atoms with E-state index in [1.165, 1.54) is 7.11 Å². The van der Waals surface area contributed by atoms with Crippen LogP contribution in [0.5, 0.6) is 0 Å². The first-order valence-corrected chi connectivity index (χ1v) is 2.66. The Morgan fingerprint density at radius 3 is 2.44 bits per heavy atom. The Morgan fingerprint density at radius 2 is 2.33 bits per heavy atom. The van der Waals surface area contributed by atoms with Gasteiger partial charge in [0.15, 0.2) is 0 Å². The molecule has 9 heavy (non-hydrogen) atoms. The van der Waals surface area contributed by atoms with Gasteiger partial charge in [-0.25, -0.2) is 0 Å². The van der Waals surface area contributed by atoms with Gasteiger partial charge >= 0.3 is 0 Å². The summed E-state index contributed by atoms with van der Waals surface area (Å²) in [5, 5.41) is 0. The molecular formula is C5H11NO3. The van der Waals surface area contributed by atoms with Crippen LogP contribution in [0.1, 0.15) is 6.92 Å². The summed E-state index contributed by atoms with van der Waals surface area (Å²) in [7, 11) is 1.37. The van der Waals surface area contributed by atoms with E-state index in [0.29, 0.717) is 6.61 Å². The number of amides is 1. The Labute approximate surface area is 53.9 Å². The van der Waals surface area contributed by atoms with Crippen LogP contribution in [0.3, 0.4) is 0 Å². The standard InChI is InChI=1S/C5H11NO3/c1-3-9-5(8-2)4(6)7/h5H,3H2,1-2H3,(H2,6,7). The number of hydrogen-bond acceptors (Lipinski definition) is 3. The number of hydrogen-bond donors (Lipinski definition) is 1. The van der Waals surface area contributed by atoms with Crippen LogP contribution in [0.2, 0.25) is 0 Å². The van der Waals surface area contributed by atoms with E-state index in [1.54, 1.807) is 6.92 Å². The van der Waals surface area contributed by atoms with E-state index in [1.807, 2.05) is 0 Å². The van der Waals surface area contributed by atoms with Crippen molar-refractivity contribution >= 4 is 5.91 Å². The fourth-order valence-electron chi connectivity index (χ4n) is 0.418. The van der Waals surface area contributed by atoms with Crippen molar-refractivity contribution in [2.45, 2.75) is 13.2 Å². The molecule has 54 valence electrons. The monoisotopic (exact) mass is 133 g/mol. The highest BCUT2D eigenvalue weighted by Gasteiger charge is 2.11. The molecule has 0 fully saturated rings. The zero-order valence-corrected chi connectivity index (χ0v) is 5.59. The molecule has 1 amide bonds. The van der Waals surface area contributed by atoms with Crippen LogP contribution >= 0.6 is 0 Å². The maximum Gasteiger partial charge on any atom is 0.274 e. The summed E-state index contributed by atoms with van der Waals surface area (Å²) in [4.78, 5) is 10.3. The molecule has 0 aliphatic carbocycles. The van der Waals surface area contributed by atoms with Crippen LogP contribution in [0, 0.1) is 0 Å². The molecule has 0 aliphatic rings. The molecule has 1 atom stereocenters. The maximum absolute atomic E-state index is 10.3. The van der Waals surface area contributed by atoms with E-state index in [2.05, 4.69) is 4.74 Å². The summed E-state index contributed by atoms with van der Waals surface area (Å²) in [5.41, 5.74) is 4.84. The predicted octanol–water partition coefficient (Wildman–Crippen LogP) is -0.519. The smallest absolute Gasteiger partial charge is 0.274 e. The number of carbonyl (C=O) groups excluding carboxylic acids is 1. The molecule has 0 aromatic carbocycles. The van der Waals surface area contributed by atoms with Gasteiger partial charge in [-0.05, 0) is 6.92 Å². The third-order valence-corrected chi connectivity index (χ3v) is 0.764. The third kappa shape index (κ3) is 3.05. The molecule has 4 nitrogen and oxygen atoms in total. The van der Waals surface area contributed by atoms with E-state index < -0.39 is 12.2 Å². The normalized spacial score (nSPS) is 13.1. The van der Waals surface area contributed by atoms with Crippen molar-refractivity contribution < 1.29 is 14.3 Å². The van der Waals surface area contributed by atoms with Crippen LogP contribution in [0.25, 0.3) is 0 Å². The molecule has 0 aromatic heterocycles. The molecule has 0 saturated carbocycles. The van der Waals surface area contributed by atoms with Crippen molar-refractivity contribution in [1.82, 2.24) is 0 Å². The molecule has 0 aliphatic heterocycles. The second kappa shape index (κ2) is 4.29. The average Bonchev–Trinajstić information content (AvgIpc) is 1.82. The van der Waals surface area contributed by atoms with Gasteiger partial charge in [0.2, 0.25) is 6.29 Å². The van der Waals surface area contributed by atoms with Crippen LogP contribution in [0.4, 0.5) is 0 Å². The highest BCUT2D eigenvalue weighted by atomic mass is 16.7. The SMILES string of the molecule is CCOC(OC)C(N)=O. The lowest BCUT2D eigenvalue weighted by molar-refractivity contribution is -0.160. The molecule has 0 rings (SSSR count). The fraction of sp³-hybridized carbons (Fsp3) is 0.800. The van der Waals surface area contributed by atoms with Gasteiger partial charge in [0.05, 0.1) is 0 Å². The molecular weight excluding hydrogens is 122 g/mol. The lowest BCUT2D eigenvalue weighted by Gasteiger charge is -2.09. The molecule has 0 radical (unpaired) electrons. The average molecular weight is 133 g/mol. The first kappa shape index (κ1) is 8.39. The van der Waals surface area contributed by atoms with Gasteiger partial charge in [0.1, 0.15) is 0 Å². The van der Waals surface area contributed by atoms with Gasteiger partial charge in [0, 0.05) is 13.7 Å². The van der Waals surface area contributed by atoms with Gasteiger partial charge in [-0.3, -0.25) is 4.79 Å². The number of ether oxygens (including phenoxy) is 2. The minimum Gasteiger partial charge on any atom is -0.365 e. The van der Waals surface area contributed by atoms with Gasteiger partial charge in [-0.15, -0.1) is 0 Å². The number of methoxy groups -OCH3 is 1. The van der Waals surface area contributed by atoms with Gasteiger partial charge < -0.3 is 15.2 Å². The fourth-order valence-corrected chi connectivity index (χ4v) is 0.418. The van der Waals surface area contributed by atoms with Gasteiger partial charge in [-0.2, -0.15) is 0 Å². The summed E-state index contributed by atoms with van der Waals surface area (Å²) in [6, 6.07) is 0. The van der Waals surface area contributed by atoms with Crippen molar-refractivity contribution in [1.29, 1.82) is 0 Å². The predicted molar refractivity (Wildman–Crippen MR) is 31.6 cm³/mol. The molecule has 1 unspecified atom stereocenters. The summed E-state index contributed by atoms with van der Waals surface area (Å²) < 4.78 is 9.31. The Kier molecular flexibility index (Phi) is 4.00. The quantitative estimate of drug-likeness (QED) is 0.525. The van der Waals surface area contributed by atoms with Crippen LogP contribution in [-0.2, 0) is 14.3 Å². The lowest BCUT2D eigenvalue weighted by Crippen LogP contribution is -2.32. The largest absolute Gasteiger partial charge is 0.365 e. The summed E-state index contributed by atoms with van der Waals surface area (Å²) in [6.45, 7) is 2.18. The van der Waals surface area contributed by atoms with Crippen LogP contribution in [-0.4, -0.2) is 25.9 Å². The molecule has 0 aromatic rings. The Morgan fingerprint density at radius 1 is 1.78 bits per heavy atom. The number of rotatable bonds is 4. The third-order valence-electron chi connectivity index (χ3n) is 0.764. The van der Waals surface area contributed by atoms with Crippen LogP contribution in [0.15, 0.2) is 0 Å².